The molecule has 1 N–H and O–H groups in total. The van der Waals surface area contributed by atoms with Crippen LogP contribution in [-0.2, 0) is 6.54 Å². The molecule has 0 aliphatic heterocycles. The Balaban J connectivity index is 3.36. The highest BCUT2D eigenvalue weighted by atomic mass is 19.3. The van der Waals surface area contributed by atoms with Gasteiger partial charge in [0.1, 0.15) is 5.69 Å². The topological polar surface area (TPSA) is 64.4 Å². The first-order valence-electron chi connectivity index (χ1n) is 4.46. The van der Waals surface area contributed by atoms with Gasteiger partial charge < -0.3 is 9.84 Å². The third kappa shape index (κ3) is 2.66. The summed E-state index contributed by atoms with van der Waals surface area (Å²) in [6, 6.07) is 0. The lowest BCUT2D eigenvalue weighted by atomic mass is 10.3. The predicted octanol–water partition coefficient (Wildman–Crippen LogP) is 2.84. The SMILES string of the molecule is CCn1nc(C(F)F)c(OC(=O)O)c1C(F)F. The summed E-state index contributed by atoms with van der Waals surface area (Å²) in [5, 5.41) is 11.5. The summed E-state index contributed by atoms with van der Waals surface area (Å²) in [7, 11) is 0. The summed E-state index contributed by atoms with van der Waals surface area (Å²) in [4.78, 5) is 10.3. The van der Waals surface area contributed by atoms with Gasteiger partial charge in [-0.15, -0.1) is 0 Å². The van der Waals surface area contributed by atoms with E-state index in [1.807, 2.05) is 0 Å². The molecule has 5 nitrogen and oxygen atoms in total. The second-order valence-corrected chi connectivity index (χ2v) is 2.88. The maximum Gasteiger partial charge on any atom is 0.511 e. The van der Waals surface area contributed by atoms with E-state index < -0.39 is 36.1 Å². The molecule has 1 heterocycles. The number of aromatic nitrogens is 2. The number of aryl methyl sites for hydroxylation is 1. The molecule has 0 spiro atoms. The van der Waals surface area contributed by atoms with Gasteiger partial charge in [0.25, 0.3) is 12.9 Å². The minimum Gasteiger partial charge on any atom is -0.449 e. The highest BCUT2D eigenvalue weighted by molar-refractivity contribution is 5.62. The van der Waals surface area contributed by atoms with E-state index in [0.717, 1.165) is 0 Å². The van der Waals surface area contributed by atoms with Crippen molar-refractivity contribution in [3.05, 3.63) is 11.4 Å². The molecule has 96 valence electrons. The van der Waals surface area contributed by atoms with E-state index in [0.29, 0.717) is 4.68 Å². The van der Waals surface area contributed by atoms with Gasteiger partial charge in [0.15, 0.2) is 11.4 Å². The number of rotatable bonds is 4. The number of ether oxygens (including phenoxy) is 1. The third-order valence-electron chi connectivity index (χ3n) is 1.87. The van der Waals surface area contributed by atoms with E-state index in [1.165, 1.54) is 6.92 Å². The van der Waals surface area contributed by atoms with Crippen molar-refractivity contribution >= 4 is 6.16 Å². The molecule has 1 rings (SSSR count). The van der Waals surface area contributed by atoms with Crippen LogP contribution in [0.4, 0.5) is 22.4 Å². The van der Waals surface area contributed by atoms with E-state index in [4.69, 9.17) is 5.11 Å². The standard InChI is InChI=1S/C8H8F4N2O3/c1-2-14-4(7(11)12)5(17-8(15)16)3(13-14)6(9)10/h6-7H,2H2,1H3,(H,15,16). The molecule has 0 atom stereocenters. The zero-order chi connectivity index (χ0) is 13.2. The highest BCUT2D eigenvalue weighted by Gasteiger charge is 2.31. The number of hydrogen-bond donors (Lipinski definition) is 1. The Hall–Kier alpha value is -1.80. The molecule has 0 aliphatic carbocycles. The van der Waals surface area contributed by atoms with Crippen LogP contribution >= 0.6 is 0 Å². The van der Waals surface area contributed by atoms with Gasteiger partial charge in [-0.05, 0) is 6.92 Å². The number of alkyl halides is 4. The van der Waals surface area contributed by atoms with Crippen molar-refractivity contribution in [2.24, 2.45) is 0 Å². The fourth-order valence-electron chi connectivity index (χ4n) is 1.27. The molecular weight excluding hydrogens is 248 g/mol. The Morgan fingerprint density at radius 3 is 2.35 bits per heavy atom. The molecule has 0 aromatic carbocycles. The monoisotopic (exact) mass is 256 g/mol. The van der Waals surface area contributed by atoms with Gasteiger partial charge in [-0.2, -0.15) is 5.10 Å². The van der Waals surface area contributed by atoms with E-state index in [9.17, 15) is 22.4 Å². The molecule has 0 fully saturated rings. The molecule has 1 aromatic heterocycles. The Kier molecular flexibility index (Phi) is 3.92. The second-order valence-electron chi connectivity index (χ2n) is 2.88. The van der Waals surface area contributed by atoms with Crippen LogP contribution in [0, 0.1) is 0 Å². The smallest absolute Gasteiger partial charge is 0.449 e. The van der Waals surface area contributed by atoms with Gasteiger partial charge in [-0.1, -0.05) is 0 Å². The number of carboxylic acid groups (broad SMARTS) is 1. The minimum atomic E-state index is -3.20. The summed E-state index contributed by atoms with van der Waals surface area (Å²) in [6.45, 7) is 1.29. The molecule has 0 saturated heterocycles. The summed E-state index contributed by atoms with van der Waals surface area (Å²) >= 11 is 0. The van der Waals surface area contributed by atoms with Crippen molar-refractivity contribution in [1.29, 1.82) is 0 Å². The highest BCUT2D eigenvalue weighted by Crippen LogP contribution is 2.37. The molecule has 0 amide bonds. The average Bonchev–Trinajstić information content (AvgIpc) is 2.55. The summed E-state index contributed by atoms with van der Waals surface area (Å²) in [5.41, 5.74) is -2.07. The number of carbonyl (C=O) groups is 1. The largest absolute Gasteiger partial charge is 0.511 e. The van der Waals surface area contributed by atoms with E-state index in [-0.39, 0.29) is 6.54 Å². The molecule has 0 bridgehead atoms. The fourth-order valence-corrected chi connectivity index (χ4v) is 1.27. The van der Waals surface area contributed by atoms with Crippen LogP contribution < -0.4 is 4.74 Å². The molecule has 17 heavy (non-hydrogen) atoms. The Bertz CT molecular complexity index is 419. The predicted molar refractivity (Wildman–Crippen MR) is 46.5 cm³/mol. The van der Waals surface area contributed by atoms with E-state index in [2.05, 4.69) is 9.84 Å². The minimum absolute atomic E-state index is 0.109. The average molecular weight is 256 g/mol. The summed E-state index contributed by atoms with van der Waals surface area (Å²) in [6.07, 6.45) is -8.32. The Morgan fingerprint density at radius 1 is 1.41 bits per heavy atom. The molecule has 1 aromatic rings. The molecular formula is C8H8F4N2O3. The van der Waals surface area contributed by atoms with Crippen LogP contribution in [0.2, 0.25) is 0 Å². The van der Waals surface area contributed by atoms with Gasteiger partial charge in [0.05, 0.1) is 0 Å². The van der Waals surface area contributed by atoms with Crippen molar-refractivity contribution in [1.82, 2.24) is 9.78 Å². The van der Waals surface area contributed by atoms with Crippen molar-refractivity contribution in [2.45, 2.75) is 26.3 Å². The molecule has 0 radical (unpaired) electrons. The van der Waals surface area contributed by atoms with Crippen LogP contribution in [0.25, 0.3) is 0 Å². The van der Waals surface area contributed by atoms with E-state index in [1.54, 1.807) is 0 Å². The van der Waals surface area contributed by atoms with Gasteiger partial charge in [0.2, 0.25) is 0 Å². The van der Waals surface area contributed by atoms with Crippen LogP contribution in [-0.4, -0.2) is 21.0 Å². The third-order valence-corrected chi connectivity index (χ3v) is 1.87. The zero-order valence-electron chi connectivity index (χ0n) is 8.53. The maximum absolute atomic E-state index is 12.6. The number of hydrogen-bond acceptors (Lipinski definition) is 3. The fraction of sp³-hybridized carbons (Fsp3) is 0.500. The lowest BCUT2D eigenvalue weighted by molar-refractivity contribution is 0.120. The summed E-state index contributed by atoms with van der Waals surface area (Å²) < 4.78 is 54.7. The van der Waals surface area contributed by atoms with Crippen molar-refractivity contribution < 1.29 is 32.2 Å². The van der Waals surface area contributed by atoms with E-state index >= 15 is 0 Å². The number of nitrogens with zero attached hydrogens (tertiary/aromatic N) is 2. The normalized spacial score (nSPS) is 11.2. The van der Waals surface area contributed by atoms with Crippen molar-refractivity contribution in [2.75, 3.05) is 0 Å². The van der Waals surface area contributed by atoms with Crippen LogP contribution in [0.1, 0.15) is 31.2 Å². The zero-order valence-corrected chi connectivity index (χ0v) is 8.53. The maximum atomic E-state index is 12.6. The lowest BCUT2D eigenvalue weighted by Gasteiger charge is -2.05. The first-order valence-corrected chi connectivity index (χ1v) is 4.46. The second kappa shape index (κ2) is 5.02. The summed E-state index contributed by atoms with van der Waals surface area (Å²) in [5.74, 6) is -1.09. The molecule has 0 unspecified atom stereocenters. The lowest BCUT2D eigenvalue weighted by Crippen LogP contribution is -2.08. The van der Waals surface area contributed by atoms with Crippen molar-refractivity contribution in [3.8, 4) is 5.75 Å². The molecule has 9 heteroatoms. The Labute approximate surface area is 92.6 Å². The molecule has 0 saturated carbocycles. The number of halogens is 4. The first kappa shape index (κ1) is 13.3. The Morgan fingerprint density at radius 2 is 2.00 bits per heavy atom. The van der Waals surface area contributed by atoms with Crippen LogP contribution in [0.3, 0.4) is 0 Å². The van der Waals surface area contributed by atoms with Gasteiger partial charge in [-0.25, -0.2) is 22.4 Å². The first-order chi connectivity index (χ1) is 7.88. The van der Waals surface area contributed by atoms with Crippen LogP contribution in [0.5, 0.6) is 5.75 Å². The molecule has 0 aliphatic rings. The van der Waals surface area contributed by atoms with Crippen LogP contribution in [0.15, 0.2) is 0 Å². The van der Waals surface area contributed by atoms with Gasteiger partial charge in [0, 0.05) is 6.54 Å². The van der Waals surface area contributed by atoms with Gasteiger partial charge >= 0.3 is 6.16 Å². The quantitative estimate of drug-likeness (QED) is 0.664. The van der Waals surface area contributed by atoms with Crippen molar-refractivity contribution in [3.63, 3.8) is 0 Å². The van der Waals surface area contributed by atoms with Gasteiger partial charge in [-0.3, -0.25) is 4.68 Å².